The van der Waals surface area contributed by atoms with Crippen LogP contribution < -0.4 is 20.1 Å². The van der Waals surface area contributed by atoms with Crippen molar-refractivity contribution in [3.63, 3.8) is 0 Å². The van der Waals surface area contributed by atoms with Crippen LogP contribution >= 0.6 is 24.0 Å². The second-order valence-corrected chi connectivity index (χ2v) is 5.10. The van der Waals surface area contributed by atoms with Crippen molar-refractivity contribution in [2.45, 2.75) is 13.1 Å². The Morgan fingerprint density at radius 3 is 2.08 bits per heavy atom. The van der Waals surface area contributed by atoms with E-state index in [1.165, 1.54) is 13.2 Å². The first-order valence-electron chi connectivity index (χ1n) is 7.56. The summed E-state index contributed by atoms with van der Waals surface area (Å²) in [6.45, 7) is 1.09. The lowest BCUT2D eigenvalue weighted by atomic mass is 10.2. The highest BCUT2D eigenvalue weighted by atomic mass is 127. The molecule has 0 aliphatic rings. The van der Waals surface area contributed by atoms with Crippen molar-refractivity contribution >= 4 is 29.9 Å². The van der Waals surface area contributed by atoms with E-state index in [9.17, 15) is 4.39 Å². The van der Waals surface area contributed by atoms with Crippen LogP contribution in [0.4, 0.5) is 4.39 Å². The molecule has 0 aromatic heterocycles. The van der Waals surface area contributed by atoms with Crippen LogP contribution in [0.1, 0.15) is 11.1 Å². The molecule has 0 bridgehead atoms. The molecular weight excluding hydrogens is 436 g/mol. The molecule has 0 saturated heterocycles. The number of rotatable bonds is 6. The topological polar surface area (TPSA) is 54.9 Å². The molecule has 0 aliphatic carbocycles. The van der Waals surface area contributed by atoms with E-state index in [4.69, 9.17) is 9.47 Å². The van der Waals surface area contributed by atoms with Crippen molar-refractivity contribution < 1.29 is 13.9 Å². The van der Waals surface area contributed by atoms with E-state index in [0.717, 1.165) is 16.9 Å². The molecule has 5 nitrogen and oxygen atoms in total. The molecule has 0 fully saturated rings. The second-order valence-electron chi connectivity index (χ2n) is 5.10. The molecule has 0 saturated carbocycles. The number of hydrogen-bond acceptors (Lipinski definition) is 3. The van der Waals surface area contributed by atoms with Gasteiger partial charge >= 0.3 is 0 Å². The average molecular weight is 459 g/mol. The number of benzene rings is 2. The van der Waals surface area contributed by atoms with Crippen molar-refractivity contribution in [2.24, 2.45) is 4.99 Å². The molecular formula is C18H23FIN3O2. The lowest BCUT2D eigenvalue weighted by molar-refractivity contribution is 0.386. The van der Waals surface area contributed by atoms with Gasteiger partial charge in [-0.2, -0.15) is 0 Å². The third-order valence-corrected chi connectivity index (χ3v) is 3.52. The van der Waals surface area contributed by atoms with Crippen LogP contribution in [0, 0.1) is 5.82 Å². The highest BCUT2D eigenvalue weighted by molar-refractivity contribution is 14.0. The summed E-state index contributed by atoms with van der Waals surface area (Å²) >= 11 is 0. The molecule has 25 heavy (non-hydrogen) atoms. The third kappa shape index (κ3) is 6.41. The Morgan fingerprint density at radius 1 is 0.960 bits per heavy atom. The SMILES string of the molecule is CN=C(NCc1ccc(OC)cc1)NCc1ccc(OC)c(F)c1.I. The van der Waals surface area contributed by atoms with Gasteiger partial charge in [0.15, 0.2) is 17.5 Å². The molecule has 136 valence electrons. The van der Waals surface area contributed by atoms with E-state index in [1.54, 1.807) is 20.2 Å². The molecule has 0 radical (unpaired) electrons. The Morgan fingerprint density at radius 2 is 1.56 bits per heavy atom. The Hall–Kier alpha value is -2.03. The number of guanidine groups is 1. The van der Waals surface area contributed by atoms with E-state index in [1.807, 2.05) is 30.3 Å². The molecule has 7 heteroatoms. The van der Waals surface area contributed by atoms with Crippen LogP contribution in [0.5, 0.6) is 11.5 Å². The maximum atomic E-state index is 13.7. The molecule has 0 spiro atoms. The number of nitrogens with one attached hydrogen (secondary N) is 2. The number of ether oxygens (including phenoxy) is 2. The van der Waals surface area contributed by atoms with Gasteiger partial charge in [-0.05, 0) is 35.4 Å². The first-order chi connectivity index (χ1) is 11.7. The summed E-state index contributed by atoms with van der Waals surface area (Å²) < 4.78 is 23.7. The number of methoxy groups -OCH3 is 2. The number of nitrogens with zero attached hydrogens (tertiary/aromatic N) is 1. The maximum Gasteiger partial charge on any atom is 0.191 e. The van der Waals surface area contributed by atoms with Crippen molar-refractivity contribution in [3.8, 4) is 11.5 Å². The van der Waals surface area contributed by atoms with Crippen LogP contribution in [0.3, 0.4) is 0 Å². The van der Waals surface area contributed by atoms with Gasteiger partial charge in [0.1, 0.15) is 5.75 Å². The van der Waals surface area contributed by atoms with Gasteiger partial charge in [-0.3, -0.25) is 4.99 Å². The van der Waals surface area contributed by atoms with Gasteiger partial charge in [0.2, 0.25) is 0 Å². The van der Waals surface area contributed by atoms with Crippen LogP contribution in [-0.2, 0) is 13.1 Å². The third-order valence-electron chi connectivity index (χ3n) is 3.52. The first kappa shape index (κ1) is 21.0. The van der Waals surface area contributed by atoms with E-state index in [0.29, 0.717) is 19.0 Å². The Balaban J connectivity index is 0.00000312. The van der Waals surface area contributed by atoms with Crippen molar-refractivity contribution in [1.82, 2.24) is 10.6 Å². The summed E-state index contributed by atoms with van der Waals surface area (Å²) in [6.07, 6.45) is 0. The summed E-state index contributed by atoms with van der Waals surface area (Å²) in [5.74, 6) is 1.32. The fourth-order valence-electron chi connectivity index (χ4n) is 2.16. The molecule has 2 rings (SSSR count). The quantitative estimate of drug-likeness (QED) is 0.396. The normalized spacial score (nSPS) is 10.6. The van der Waals surface area contributed by atoms with Crippen molar-refractivity contribution in [2.75, 3.05) is 21.3 Å². The van der Waals surface area contributed by atoms with E-state index < -0.39 is 0 Å². The lowest BCUT2D eigenvalue weighted by Gasteiger charge is -2.13. The van der Waals surface area contributed by atoms with Crippen LogP contribution in [0.15, 0.2) is 47.5 Å². The predicted octanol–water partition coefficient (Wildman–Crippen LogP) is 3.33. The highest BCUT2D eigenvalue weighted by Crippen LogP contribution is 2.17. The van der Waals surface area contributed by atoms with Gasteiger partial charge in [0.05, 0.1) is 14.2 Å². The minimum atomic E-state index is -0.377. The smallest absolute Gasteiger partial charge is 0.191 e. The average Bonchev–Trinajstić information content (AvgIpc) is 2.62. The highest BCUT2D eigenvalue weighted by Gasteiger charge is 2.04. The summed E-state index contributed by atoms with van der Waals surface area (Å²) in [5.41, 5.74) is 1.91. The van der Waals surface area contributed by atoms with Crippen molar-refractivity contribution in [1.29, 1.82) is 0 Å². The molecule has 2 aromatic carbocycles. The van der Waals surface area contributed by atoms with E-state index in [-0.39, 0.29) is 35.5 Å². The van der Waals surface area contributed by atoms with Crippen LogP contribution in [0.25, 0.3) is 0 Å². The summed E-state index contributed by atoms with van der Waals surface area (Å²) in [5, 5.41) is 6.36. The Kier molecular flexibility index (Phi) is 9.04. The van der Waals surface area contributed by atoms with Crippen LogP contribution in [-0.4, -0.2) is 27.2 Å². The van der Waals surface area contributed by atoms with Crippen LogP contribution in [0.2, 0.25) is 0 Å². The Bertz CT molecular complexity index is 693. The van der Waals surface area contributed by atoms with E-state index >= 15 is 0 Å². The number of hydrogen-bond donors (Lipinski definition) is 2. The molecule has 0 unspecified atom stereocenters. The second kappa shape index (κ2) is 10.8. The fraction of sp³-hybridized carbons (Fsp3) is 0.278. The summed E-state index contributed by atoms with van der Waals surface area (Å²) in [4.78, 5) is 4.16. The minimum absolute atomic E-state index is 0. The maximum absolute atomic E-state index is 13.7. The number of aliphatic imine (C=N–C) groups is 1. The zero-order valence-electron chi connectivity index (χ0n) is 14.5. The molecule has 0 atom stereocenters. The van der Waals surface area contributed by atoms with Gasteiger partial charge in [0.25, 0.3) is 0 Å². The Labute approximate surface area is 164 Å². The molecule has 2 N–H and O–H groups in total. The standard InChI is InChI=1S/C18H22FN3O2.HI/c1-20-18(21-11-13-4-7-15(23-2)8-5-13)22-12-14-6-9-17(24-3)16(19)10-14;/h4-10H,11-12H2,1-3H3,(H2,20,21,22);1H. The van der Waals surface area contributed by atoms with Gasteiger partial charge in [-0.25, -0.2) is 4.39 Å². The molecule has 2 aromatic rings. The van der Waals surface area contributed by atoms with E-state index in [2.05, 4.69) is 15.6 Å². The van der Waals surface area contributed by atoms with Gasteiger partial charge in [-0.1, -0.05) is 18.2 Å². The predicted molar refractivity (Wildman–Crippen MR) is 108 cm³/mol. The largest absolute Gasteiger partial charge is 0.497 e. The zero-order chi connectivity index (χ0) is 17.4. The van der Waals surface area contributed by atoms with Gasteiger partial charge in [-0.15, -0.1) is 24.0 Å². The minimum Gasteiger partial charge on any atom is -0.497 e. The monoisotopic (exact) mass is 459 g/mol. The summed E-state index contributed by atoms with van der Waals surface area (Å²) in [6, 6.07) is 12.7. The van der Waals surface area contributed by atoms with Crippen molar-refractivity contribution in [3.05, 3.63) is 59.4 Å². The molecule has 0 heterocycles. The number of halogens is 2. The molecule has 0 amide bonds. The zero-order valence-corrected chi connectivity index (χ0v) is 16.8. The van der Waals surface area contributed by atoms with Gasteiger partial charge < -0.3 is 20.1 Å². The lowest BCUT2D eigenvalue weighted by Crippen LogP contribution is -2.36. The fourth-order valence-corrected chi connectivity index (χ4v) is 2.16. The van der Waals surface area contributed by atoms with Gasteiger partial charge in [0, 0.05) is 20.1 Å². The summed E-state index contributed by atoms with van der Waals surface area (Å²) in [7, 11) is 4.78. The first-order valence-corrected chi connectivity index (χ1v) is 7.56. The molecule has 0 aliphatic heterocycles.